The van der Waals surface area contributed by atoms with Gasteiger partial charge in [0.25, 0.3) is 0 Å². The molecule has 0 saturated carbocycles. The number of nitrogen functional groups attached to an aromatic ring is 1. The molecule has 18 heavy (non-hydrogen) atoms. The number of hydrogen-bond acceptors (Lipinski definition) is 5. The van der Waals surface area contributed by atoms with Crippen molar-refractivity contribution in [3.8, 4) is 6.07 Å². The molecule has 90 valence electrons. The van der Waals surface area contributed by atoms with Crippen molar-refractivity contribution in [2.75, 3.05) is 5.73 Å². The van der Waals surface area contributed by atoms with Crippen LogP contribution in [0, 0.1) is 11.3 Å². The first-order chi connectivity index (χ1) is 8.70. The number of aromatic nitrogens is 2. The number of thioether (sulfide) groups is 1. The van der Waals surface area contributed by atoms with Gasteiger partial charge in [0.2, 0.25) is 0 Å². The summed E-state index contributed by atoms with van der Waals surface area (Å²) in [7, 11) is 0. The Hall–Kier alpha value is -1.58. The third kappa shape index (κ3) is 3.00. The van der Waals surface area contributed by atoms with Crippen molar-refractivity contribution in [3.05, 3.63) is 46.3 Å². The highest BCUT2D eigenvalue weighted by Gasteiger charge is 2.05. The molecule has 0 amide bonds. The molecular formula is C12H9BrN4S. The quantitative estimate of drug-likeness (QED) is 0.880. The number of benzene rings is 1. The van der Waals surface area contributed by atoms with Gasteiger partial charge in [-0.05, 0) is 28.1 Å². The molecular weight excluding hydrogens is 312 g/mol. The van der Waals surface area contributed by atoms with Gasteiger partial charge in [0.15, 0.2) is 0 Å². The summed E-state index contributed by atoms with van der Waals surface area (Å²) in [4.78, 5) is 9.32. The molecule has 0 aliphatic carbocycles. The van der Waals surface area contributed by atoms with E-state index < -0.39 is 0 Å². The normalized spacial score (nSPS) is 10.0. The van der Waals surface area contributed by atoms with Crippen molar-refractivity contribution in [3.63, 3.8) is 0 Å². The van der Waals surface area contributed by atoms with Crippen LogP contribution in [0.5, 0.6) is 0 Å². The lowest BCUT2D eigenvalue weighted by atomic mass is 10.3. The van der Waals surface area contributed by atoms with Crippen molar-refractivity contribution in [1.29, 1.82) is 5.26 Å². The lowest BCUT2D eigenvalue weighted by molar-refractivity contribution is 1.03. The summed E-state index contributed by atoms with van der Waals surface area (Å²) in [5.41, 5.74) is 5.95. The second-order valence-electron chi connectivity index (χ2n) is 3.42. The summed E-state index contributed by atoms with van der Waals surface area (Å²) in [6.45, 7) is 0. The van der Waals surface area contributed by atoms with Gasteiger partial charge in [0.05, 0.1) is 11.9 Å². The van der Waals surface area contributed by atoms with E-state index in [2.05, 4.69) is 25.9 Å². The fraction of sp³-hybridized carbons (Fsp3) is 0.0833. The van der Waals surface area contributed by atoms with Crippen LogP contribution in [-0.2, 0) is 5.75 Å². The monoisotopic (exact) mass is 320 g/mol. The molecule has 0 radical (unpaired) electrons. The van der Waals surface area contributed by atoms with E-state index in [1.165, 1.54) is 6.20 Å². The van der Waals surface area contributed by atoms with E-state index in [9.17, 15) is 0 Å². The number of rotatable bonds is 3. The van der Waals surface area contributed by atoms with E-state index in [0.717, 1.165) is 9.37 Å². The highest BCUT2D eigenvalue weighted by molar-refractivity contribution is 9.10. The molecule has 6 heteroatoms. The van der Waals surface area contributed by atoms with Crippen LogP contribution in [0.25, 0.3) is 0 Å². The predicted molar refractivity (Wildman–Crippen MR) is 74.9 cm³/mol. The Morgan fingerprint density at radius 3 is 2.83 bits per heavy atom. The van der Waals surface area contributed by atoms with Crippen LogP contribution in [0.3, 0.4) is 0 Å². The van der Waals surface area contributed by atoms with Gasteiger partial charge in [-0.1, -0.05) is 12.1 Å². The van der Waals surface area contributed by atoms with Gasteiger partial charge in [0.1, 0.15) is 23.3 Å². The lowest BCUT2D eigenvalue weighted by Crippen LogP contribution is -2.00. The molecule has 0 unspecified atom stereocenters. The molecule has 0 bridgehead atoms. The lowest BCUT2D eigenvalue weighted by Gasteiger charge is -2.04. The Labute approximate surface area is 117 Å². The molecule has 0 aliphatic heterocycles. The van der Waals surface area contributed by atoms with Gasteiger partial charge in [-0.3, -0.25) is 0 Å². The highest BCUT2D eigenvalue weighted by atomic mass is 79.9. The van der Waals surface area contributed by atoms with Crippen molar-refractivity contribution in [2.45, 2.75) is 10.6 Å². The van der Waals surface area contributed by atoms with Crippen LogP contribution in [0.4, 0.5) is 5.82 Å². The molecule has 0 atom stereocenters. The van der Waals surface area contributed by atoms with Crippen molar-refractivity contribution in [1.82, 2.24) is 9.97 Å². The van der Waals surface area contributed by atoms with E-state index in [-0.39, 0.29) is 5.82 Å². The van der Waals surface area contributed by atoms with Crippen LogP contribution in [0.2, 0.25) is 0 Å². The summed E-state index contributed by atoms with van der Waals surface area (Å²) in [6, 6.07) is 9.88. The zero-order valence-electron chi connectivity index (χ0n) is 9.30. The van der Waals surface area contributed by atoms with Crippen LogP contribution in [-0.4, -0.2) is 9.97 Å². The van der Waals surface area contributed by atoms with Gasteiger partial charge in [0, 0.05) is 9.37 Å². The number of nitriles is 1. The standard InChI is InChI=1S/C12H9BrN4S/c13-9-3-1-2-4-10(9)18-7-11-16-6-8(5-14)12(15)17-11/h1-4,6H,7H2,(H2,15,16,17). The molecule has 0 fully saturated rings. The zero-order chi connectivity index (χ0) is 13.0. The van der Waals surface area contributed by atoms with E-state index in [1.54, 1.807) is 11.8 Å². The van der Waals surface area contributed by atoms with E-state index in [4.69, 9.17) is 11.0 Å². The van der Waals surface area contributed by atoms with E-state index in [0.29, 0.717) is 17.1 Å². The van der Waals surface area contributed by atoms with Crippen molar-refractivity contribution >= 4 is 33.5 Å². The third-order valence-corrected chi connectivity index (χ3v) is 4.21. The van der Waals surface area contributed by atoms with Gasteiger partial charge < -0.3 is 5.73 Å². The van der Waals surface area contributed by atoms with Crippen LogP contribution in [0.15, 0.2) is 39.8 Å². The molecule has 2 N–H and O–H groups in total. The number of nitrogens with zero attached hydrogens (tertiary/aromatic N) is 3. The second-order valence-corrected chi connectivity index (χ2v) is 5.29. The molecule has 1 heterocycles. The van der Waals surface area contributed by atoms with Gasteiger partial charge in [-0.25, -0.2) is 9.97 Å². The van der Waals surface area contributed by atoms with Crippen LogP contribution in [0.1, 0.15) is 11.4 Å². The second kappa shape index (κ2) is 5.85. The summed E-state index contributed by atoms with van der Waals surface area (Å²) in [5.74, 6) is 1.46. The maximum absolute atomic E-state index is 8.73. The number of hydrogen-bond donors (Lipinski definition) is 1. The van der Waals surface area contributed by atoms with Crippen molar-refractivity contribution in [2.24, 2.45) is 0 Å². The fourth-order valence-electron chi connectivity index (χ4n) is 1.29. The first-order valence-corrected chi connectivity index (χ1v) is 6.87. The smallest absolute Gasteiger partial charge is 0.145 e. The zero-order valence-corrected chi connectivity index (χ0v) is 11.7. The first kappa shape index (κ1) is 12.9. The Bertz CT molecular complexity index is 609. The SMILES string of the molecule is N#Cc1cnc(CSc2ccccc2Br)nc1N. The Balaban J connectivity index is 2.10. The van der Waals surface area contributed by atoms with Gasteiger partial charge in [-0.15, -0.1) is 11.8 Å². The average molecular weight is 321 g/mol. The molecule has 0 saturated heterocycles. The molecule has 0 aliphatic rings. The Morgan fingerprint density at radius 1 is 1.39 bits per heavy atom. The molecule has 2 rings (SSSR count). The highest BCUT2D eigenvalue weighted by Crippen LogP contribution is 2.29. The molecule has 1 aromatic carbocycles. The minimum absolute atomic E-state index is 0.232. The minimum Gasteiger partial charge on any atom is -0.382 e. The van der Waals surface area contributed by atoms with E-state index >= 15 is 0 Å². The van der Waals surface area contributed by atoms with Gasteiger partial charge in [-0.2, -0.15) is 5.26 Å². The molecule has 4 nitrogen and oxygen atoms in total. The minimum atomic E-state index is 0.232. The number of nitrogens with two attached hydrogens (primary N) is 1. The summed E-state index contributed by atoms with van der Waals surface area (Å²) in [5, 5.41) is 8.73. The summed E-state index contributed by atoms with van der Waals surface area (Å²) in [6.07, 6.45) is 1.46. The molecule has 2 aromatic rings. The fourth-order valence-corrected chi connectivity index (χ4v) is 2.73. The first-order valence-electron chi connectivity index (χ1n) is 5.09. The van der Waals surface area contributed by atoms with Crippen LogP contribution >= 0.6 is 27.7 Å². The summed E-state index contributed by atoms with van der Waals surface area (Å²) >= 11 is 5.09. The molecule has 1 aromatic heterocycles. The maximum Gasteiger partial charge on any atom is 0.145 e. The largest absolute Gasteiger partial charge is 0.382 e. The van der Waals surface area contributed by atoms with E-state index in [1.807, 2.05) is 30.3 Å². The number of anilines is 1. The average Bonchev–Trinajstić information content (AvgIpc) is 2.38. The molecule has 0 spiro atoms. The number of halogens is 1. The topological polar surface area (TPSA) is 75.6 Å². The summed E-state index contributed by atoms with van der Waals surface area (Å²) < 4.78 is 1.04. The van der Waals surface area contributed by atoms with Gasteiger partial charge >= 0.3 is 0 Å². The predicted octanol–water partition coefficient (Wildman–Crippen LogP) is 2.99. The van der Waals surface area contributed by atoms with Crippen molar-refractivity contribution < 1.29 is 0 Å². The Morgan fingerprint density at radius 2 is 2.17 bits per heavy atom. The van der Waals surface area contributed by atoms with Crippen LogP contribution < -0.4 is 5.73 Å². The Kier molecular flexibility index (Phi) is 4.18. The third-order valence-electron chi connectivity index (χ3n) is 2.18. The maximum atomic E-state index is 8.73.